The van der Waals surface area contributed by atoms with Gasteiger partial charge < -0.3 is 10.1 Å². The SMILES string of the molecule is CCc1c(C)sc2nc(SCC(=O)NCCOC)n(-c3ccc(C)c(C)c3)c(=O)c12. The van der Waals surface area contributed by atoms with E-state index in [4.69, 9.17) is 9.72 Å². The third-order valence-corrected chi connectivity index (χ3v) is 7.04. The van der Waals surface area contributed by atoms with Crippen molar-refractivity contribution in [3.05, 3.63) is 50.1 Å². The van der Waals surface area contributed by atoms with Gasteiger partial charge in [0, 0.05) is 18.5 Å². The molecule has 1 aromatic carbocycles. The molecular formula is C22H27N3O3S2. The van der Waals surface area contributed by atoms with Crippen molar-refractivity contribution < 1.29 is 9.53 Å². The summed E-state index contributed by atoms with van der Waals surface area (Å²) in [7, 11) is 1.59. The lowest BCUT2D eigenvalue weighted by Crippen LogP contribution is -2.29. The first-order valence-electron chi connectivity index (χ1n) is 9.88. The van der Waals surface area contributed by atoms with Gasteiger partial charge in [0.05, 0.1) is 23.4 Å². The van der Waals surface area contributed by atoms with Crippen molar-refractivity contribution in [2.24, 2.45) is 0 Å². The number of rotatable bonds is 8. The van der Waals surface area contributed by atoms with E-state index in [2.05, 4.69) is 12.2 Å². The van der Waals surface area contributed by atoms with Crippen molar-refractivity contribution in [3.8, 4) is 5.69 Å². The molecule has 0 aliphatic heterocycles. The van der Waals surface area contributed by atoms with E-state index < -0.39 is 0 Å². The standard InChI is InChI=1S/C22H27N3O3S2/c1-6-17-15(4)30-20-19(17)21(27)25(16-8-7-13(2)14(3)11-16)22(24-20)29-12-18(26)23-9-10-28-5/h7-8,11H,6,9-10,12H2,1-5H3,(H,23,26). The summed E-state index contributed by atoms with van der Waals surface area (Å²) >= 11 is 2.81. The number of amides is 1. The molecule has 0 aliphatic carbocycles. The number of aromatic nitrogens is 2. The van der Waals surface area contributed by atoms with E-state index in [1.54, 1.807) is 11.7 Å². The molecule has 8 heteroatoms. The summed E-state index contributed by atoms with van der Waals surface area (Å²) in [5.74, 6) is 0.0620. The van der Waals surface area contributed by atoms with E-state index in [1.807, 2.05) is 39.0 Å². The topological polar surface area (TPSA) is 73.2 Å². The third-order valence-electron chi connectivity index (χ3n) is 5.06. The van der Waals surface area contributed by atoms with Crippen LogP contribution < -0.4 is 10.9 Å². The van der Waals surface area contributed by atoms with Gasteiger partial charge in [-0.2, -0.15) is 0 Å². The van der Waals surface area contributed by atoms with Crippen LogP contribution in [0.15, 0.2) is 28.2 Å². The molecule has 0 atom stereocenters. The molecule has 0 spiro atoms. The average molecular weight is 446 g/mol. The van der Waals surface area contributed by atoms with Gasteiger partial charge >= 0.3 is 0 Å². The van der Waals surface area contributed by atoms with Crippen LogP contribution in [0.4, 0.5) is 0 Å². The third kappa shape index (κ3) is 4.61. The number of methoxy groups -OCH3 is 1. The highest BCUT2D eigenvalue weighted by atomic mass is 32.2. The Bertz CT molecular complexity index is 1130. The first-order chi connectivity index (χ1) is 14.4. The number of aryl methyl sites for hydroxylation is 4. The molecule has 1 amide bonds. The van der Waals surface area contributed by atoms with E-state index in [-0.39, 0.29) is 17.2 Å². The molecule has 2 heterocycles. The predicted molar refractivity (Wildman–Crippen MR) is 124 cm³/mol. The Labute approximate surface area is 184 Å². The number of ether oxygens (including phenoxy) is 1. The molecule has 0 saturated heterocycles. The minimum atomic E-state index is -0.116. The van der Waals surface area contributed by atoms with E-state index in [0.717, 1.165) is 38.5 Å². The molecular weight excluding hydrogens is 418 g/mol. The van der Waals surface area contributed by atoms with Crippen molar-refractivity contribution in [3.63, 3.8) is 0 Å². The van der Waals surface area contributed by atoms with Crippen LogP contribution in [0.2, 0.25) is 0 Å². The number of nitrogens with zero attached hydrogens (tertiary/aromatic N) is 2. The lowest BCUT2D eigenvalue weighted by atomic mass is 10.1. The molecule has 160 valence electrons. The number of thioether (sulfide) groups is 1. The number of carbonyl (C=O) groups excluding carboxylic acids is 1. The van der Waals surface area contributed by atoms with Crippen LogP contribution in [0.25, 0.3) is 15.9 Å². The molecule has 3 aromatic rings. The zero-order chi connectivity index (χ0) is 21.8. The van der Waals surface area contributed by atoms with Gasteiger partial charge in [-0.25, -0.2) is 4.98 Å². The first-order valence-corrected chi connectivity index (χ1v) is 11.7. The van der Waals surface area contributed by atoms with Crippen LogP contribution in [-0.4, -0.2) is 41.5 Å². The minimum absolute atomic E-state index is 0.0771. The van der Waals surface area contributed by atoms with Gasteiger partial charge in [0.25, 0.3) is 5.56 Å². The molecule has 6 nitrogen and oxygen atoms in total. The van der Waals surface area contributed by atoms with E-state index in [0.29, 0.717) is 23.7 Å². The Morgan fingerprint density at radius 2 is 2.03 bits per heavy atom. The van der Waals surface area contributed by atoms with Gasteiger partial charge in [-0.3, -0.25) is 14.2 Å². The van der Waals surface area contributed by atoms with E-state index >= 15 is 0 Å². The fourth-order valence-electron chi connectivity index (χ4n) is 3.29. The molecule has 1 N–H and O–H groups in total. The molecule has 0 saturated carbocycles. The molecule has 3 rings (SSSR count). The fourth-order valence-corrected chi connectivity index (χ4v) is 5.28. The average Bonchev–Trinajstić information content (AvgIpc) is 3.04. The smallest absolute Gasteiger partial charge is 0.267 e. The van der Waals surface area contributed by atoms with E-state index in [1.165, 1.54) is 23.1 Å². The summed E-state index contributed by atoms with van der Waals surface area (Å²) in [4.78, 5) is 32.4. The van der Waals surface area contributed by atoms with Gasteiger partial charge in [-0.1, -0.05) is 24.8 Å². The highest BCUT2D eigenvalue weighted by Crippen LogP contribution is 2.30. The summed E-state index contributed by atoms with van der Waals surface area (Å²) in [6.07, 6.45) is 0.782. The number of thiophene rings is 1. The maximum atomic E-state index is 13.6. The second-order valence-corrected chi connectivity index (χ2v) is 9.25. The summed E-state index contributed by atoms with van der Waals surface area (Å²) in [5, 5.41) is 4.02. The van der Waals surface area contributed by atoms with Crippen LogP contribution in [0.5, 0.6) is 0 Å². The monoisotopic (exact) mass is 445 g/mol. The van der Waals surface area contributed by atoms with Crippen LogP contribution in [-0.2, 0) is 16.0 Å². The van der Waals surface area contributed by atoms with Gasteiger partial charge in [0.1, 0.15) is 4.83 Å². The maximum absolute atomic E-state index is 13.6. The second kappa shape index (κ2) is 9.76. The second-order valence-electron chi connectivity index (χ2n) is 7.11. The Hall–Kier alpha value is -2.16. The van der Waals surface area contributed by atoms with Crippen molar-refractivity contribution in [2.75, 3.05) is 26.0 Å². The Morgan fingerprint density at radius 3 is 2.70 bits per heavy atom. The minimum Gasteiger partial charge on any atom is -0.383 e. The Balaban J connectivity index is 2.09. The fraction of sp³-hybridized carbons (Fsp3) is 0.409. The molecule has 30 heavy (non-hydrogen) atoms. The summed E-state index contributed by atoms with van der Waals surface area (Å²) in [6, 6.07) is 5.94. The number of fused-ring (bicyclic) bond motifs is 1. The van der Waals surface area contributed by atoms with Crippen LogP contribution in [0, 0.1) is 20.8 Å². The maximum Gasteiger partial charge on any atom is 0.267 e. The van der Waals surface area contributed by atoms with Gasteiger partial charge in [0.2, 0.25) is 5.91 Å². The largest absolute Gasteiger partial charge is 0.383 e. The highest BCUT2D eigenvalue weighted by molar-refractivity contribution is 7.99. The van der Waals surface area contributed by atoms with Gasteiger partial charge in [0.15, 0.2) is 5.16 Å². The van der Waals surface area contributed by atoms with Crippen LogP contribution in [0.3, 0.4) is 0 Å². The lowest BCUT2D eigenvalue weighted by Gasteiger charge is -2.14. The van der Waals surface area contributed by atoms with Gasteiger partial charge in [-0.15, -0.1) is 11.3 Å². The molecule has 0 bridgehead atoms. The number of carbonyl (C=O) groups is 1. The molecule has 0 radical (unpaired) electrons. The zero-order valence-corrected chi connectivity index (χ0v) is 19.6. The number of benzene rings is 1. The summed E-state index contributed by atoms with van der Waals surface area (Å²) < 4.78 is 6.61. The lowest BCUT2D eigenvalue weighted by molar-refractivity contribution is -0.118. The summed E-state index contributed by atoms with van der Waals surface area (Å²) in [5.41, 5.74) is 4.01. The zero-order valence-electron chi connectivity index (χ0n) is 18.0. The van der Waals surface area contributed by atoms with Crippen LogP contribution in [0.1, 0.15) is 28.5 Å². The van der Waals surface area contributed by atoms with Crippen molar-refractivity contribution in [1.29, 1.82) is 0 Å². The Morgan fingerprint density at radius 1 is 1.27 bits per heavy atom. The predicted octanol–water partition coefficient (Wildman–Crippen LogP) is 3.79. The van der Waals surface area contributed by atoms with Crippen molar-refractivity contribution in [2.45, 2.75) is 39.3 Å². The molecule has 0 fully saturated rings. The van der Waals surface area contributed by atoms with E-state index in [9.17, 15) is 9.59 Å². The highest BCUT2D eigenvalue weighted by Gasteiger charge is 2.20. The van der Waals surface area contributed by atoms with Crippen molar-refractivity contribution in [1.82, 2.24) is 14.9 Å². The molecule has 2 aromatic heterocycles. The van der Waals surface area contributed by atoms with Crippen LogP contribution >= 0.6 is 23.1 Å². The Kier molecular flexibility index (Phi) is 7.33. The number of nitrogens with one attached hydrogen (secondary N) is 1. The normalized spacial score (nSPS) is 11.2. The van der Waals surface area contributed by atoms with Gasteiger partial charge in [-0.05, 0) is 56.0 Å². The quantitative estimate of drug-likeness (QED) is 0.324. The number of hydrogen-bond acceptors (Lipinski definition) is 6. The van der Waals surface area contributed by atoms with Crippen molar-refractivity contribution >= 4 is 39.2 Å². The molecule has 0 aliphatic rings. The molecule has 0 unspecified atom stereocenters. The number of hydrogen-bond donors (Lipinski definition) is 1. The first kappa shape index (κ1) is 22.5. The summed E-state index contributed by atoms with van der Waals surface area (Å²) in [6.45, 7) is 9.07.